The second kappa shape index (κ2) is 6.83. The normalized spacial score (nSPS) is 10.2. The highest BCUT2D eigenvalue weighted by molar-refractivity contribution is 6.03. The molecule has 0 aliphatic heterocycles. The molecule has 0 saturated heterocycles. The Morgan fingerprint density at radius 2 is 1.71 bits per heavy atom. The first-order valence-electron chi connectivity index (χ1n) is 7.13. The maximum atomic E-state index is 12.3. The standard InChI is InChI=1S/C16H20N4O/c1-4-11-7-6-8-12(5-2)15(11)18-16(21)13-9-10-14(17-3)20-19-13/h6-10H,4-5H2,1-3H3,(H,17,20)(H,18,21). The Morgan fingerprint density at radius 1 is 1.05 bits per heavy atom. The van der Waals surface area contributed by atoms with E-state index in [1.807, 2.05) is 18.2 Å². The first-order valence-corrected chi connectivity index (χ1v) is 7.13. The monoisotopic (exact) mass is 284 g/mol. The van der Waals surface area contributed by atoms with E-state index in [9.17, 15) is 4.79 Å². The smallest absolute Gasteiger partial charge is 0.276 e. The van der Waals surface area contributed by atoms with E-state index in [4.69, 9.17) is 0 Å². The van der Waals surface area contributed by atoms with Gasteiger partial charge in [-0.15, -0.1) is 10.2 Å². The summed E-state index contributed by atoms with van der Waals surface area (Å²) in [7, 11) is 1.76. The summed E-state index contributed by atoms with van der Waals surface area (Å²) in [5.74, 6) is 0.399. The van der Waals surface area contributed by atoms with Crippen LogP contribution in [0.4, 0.5) is 11.5 Å². The van der Waals surface area contributed by atoms with Gasteiger partial charge in [0.1, 0.15) is 5.82 Å². The van der Waals surface area contributed by atoms with Crippen molar-refractivity contribution in [1.82, 2.24) is 10.2 Å². The van der Waals surface area contributed by atoms with Crippen molar-refractivity contribution in [3.05, 3.63) is 47.2 Å². The van der Waals surface area contributed by atoms with Crippen LogP contribution in [0.2, 0.25) is 0 Å². The van der Waals surface area contributed by atoms with Gasteiger partial charge in [0.05, 0.1) is 0 Å². The largest absolute Gasteiger partial charge is 0.372 e. The molecule has 0 saturated carbocycles. The lowest BCUT2D eigenvalue weighted by atomic mass is 10.0. The zero-order valence-corrected chi connectivity index (χ0v) is 12.6. The highest BCUT2D eigenvalue weighted by Crippen LogP contribution is 2.23. The van der Waals surface area contributed by atoms with Gasteiger partial charge in [0.25, 0.3) is 5.91 Å². The van der Waals surface area contributed by atoms with Crippen LogP contribution in [0.15, 0.2) is 30.3 Å². The van der Waals surface area contributed by atoms with Crippen LogP contribution in [0.1, 0.15) is 35.5 Å². The van der Waals surface area contributed by atoms with Crippen LogP contribution in [0.5, 0.6) is 0 Å². The molecule has 0 radical (unpaired) electrons. The van der Waals surface area contributed by atoms with Crippen LogP contribution >= 0.6 is 0 Å². The minimum atomic E-state index is -0.235. The molecular weight excluding hydrogens is 264 g/mol. The van der Waals surface area contributed by atoms with Gasteiger partial charge in [-0.1, -0.05) is 32.0 Å². The average Bonchev–Trinajstić information content (AvgIpc) is 2.55. The van der Waals surface area contributed by atoms with Gasteiger partial charge in [0.2, 0.25) is 0 Å². The fourth-order valence-corrected chi connectivity index (χ4v) is 2.17. The molecule has 0 spiro atoms. The number of aryl methyl sites for hydroxylation is 2. The minimum absolute atomic E-state index is 0.235. The zero-order chi connectivity index (χ0) is 15.2. The summed E-state index contributed by atoms with van der Waals surface area (Å²) in [4.78, 5) is 12.3. The summed E-state index contributed by atoms with van der Waals surface area (Å²) >= 11 is 0. The number of carbonyl (C=O) groups excluding carboxylic acids is 1. The molecule has 5 nitrogen and oxygen atoms in total. The SMILES string of the molecule is CCc1cccc(CC)c1NC(=O)c1ccc(NC)nn1. The van der Waals surface area contributed by atoms with E-state index in [2.05, 4.69) is 34.7 Å². The lowest BCUT2D eigenvalue weighted by molar-refractivity contribution is 0.102. The number of rotatable bonds is 5. The third-order valence-corrected chi connectivity index (χ3v) is 3.39. The summed E-state index contributed by atoms with van der Waals surface area (Å²) in [5.41, 5.74) is 3.46. The first-order chi connectivity index (χ1) is 10.2. The quantitative estimate of drug-likeness (QED) is 0.886. The highest BCUT2D eigenvalue weighted by Gasteiger charge is 2.13. The van der Waals surface area contributed by atoms with Gasteiger partial charge in [0, 0.05) is 12.7 Å². The number of aromatic nitrogens is 2. The number of benzene rings is 1. The molecule has 0 bridgehead atoms. The highest BCUT2D eigenvalue weighted by atomic mass is 16.1. The van der Waals surface area contributed by atoms with Crippen molar-refractivity contribution in [1.29, 1.82) is 0 Å². The average molecular weight is 284 g/mol. The fraction of sp³-hybridized carbons (Fsp3) is 0.312. The number of hydrogen-bond acceptors (Lipinski definition) is 4. The maximum Gasteiger partial charge on any atom is 0.276 e. The molecule has 5 heteroatoms. The van der Waals surface area contributed by atoms with Gasteiger partial charge in [-0.2, -0.15) is 0 Å². The summed E-state index contributed by atoms with van der Waals surface area (Å²) in [6, 6.07) is 9.48. The van der Waals surface area contributed by atoms with Crippen molar-refractivity contribution in [2.24, 2.45) is 0 Å². The molecule has 0 aliphatic carbocycles. The lowest BCUT2D eigenvalue weighted by Crippen LogP contribution is -2.17. The molecule has 0 aliphatic rings. The van der Waals surface area contributed by atoms with Crippen molar-refractivity contribution >= 4 is 17.4 Å². The van der Waals surface area contributed by atoms with Crippen molar-refractivity contribution < 1.29 is 4.79 Å². The summed E-state index contributed by atoms with van der Waals surface area (Å²) < 4.78 is 0. The Kier molecular flexibility index (Phi) is 4.87. The Balaban J connectivity index is 2.26. The van der Waals surface area contributed by atoms with E-state index < -0.39 is 0 Å². The maximum absolute atomic E-state index is 12.3. The molecule has 110 valence electrons. The summed E-state index contributed by atoms with van der Waals surface area (Å²) in [6.45, 7) is 4.15. The Bertz CT molecular complexity index is 600. The van der Waals surface area contributed by atoms with E-state index in [1.54, 1.807) is 19.2 Å². The first kappa shape index (κ1) is 15.0. The van der Waals surface area contributed by atoms with Crippen LogP contribution in [0, 0.1) is 0 Å². The van der Waals surface area contributed by atoms with Crippen LogP contribution in [-0.2, 0) is 12.8 Å². The number of nitrogens with zero attached hydrogens (tertiary/aromatic N) is 2. The molecule has 0 unspecified atom stereocenters. The van der Waals surface area contributed by atoms with E-state index in [-0.39, 0.29) is 5.91 Å². The lowest BCUT2D eigenvalue weighted by Gasteiger charge is -2.14. The third kappa shape index (κ3) is 3.37. The molecule has 1 aromatic carbocycles. The Morgan fingerprint density at radius 3 is 2.19 bits per heavy atom. The summed E-state index contributed by atoms with van der Waals surface area (Å²) in [5, 5.41) is 13.7. The predicted octanol–water partition coefficient (Wildman–Crippen LogP) is 2.90. The minimum Gasteiger partial charge on any atom is -0.372 e. The van der Waals surface area contributed by atoms with E-state index in [0.29, 0.717) is 11.5 Å². The van der Waals surface area contributed by atoms with Crippen LogP contribution in [0.25, 0.3) is 0 Å². The molecule has 2 N–H and O–H groups in total. The number of hydrogen-bond donors (Lipinski definition) is 2. The molecule has 2 rings (SSSR count). The van der Waals surface area contributed by atoms with Gasteiger partial charge in [-0.05, 0) is 36.1 Å². The topological polar surface area (TPSA) is 66.9 Å². The van der Waals surface area contributed by atoms with Gasteiger partial charge in [-0.25, -0.2) is 0 Å². The number of carbonyl (C=O) groups is 1. The molecule has 0 fully saturated rings. The van der Waals surface area contributed by atoms with Gasteiger partial charge in [-0.3, -0.25) is 4.79 Å². The number of para-hydroxylation sites is 1. The van der Waals surface area contributed by atoms with Crippen LogP contribution in [-0.4, -0.2) is 23.2 Å². The van der Waals surface area contributed by atoms with Crippen molar-refractivity contribution in [2.45, 2.75) is 26.7 Å². The predicted molar refractivity (Wildman–Crippen MR) is 84.7 cm³/mol. The summed E-state index contributed by atoms with van der Waals surface area (Å²) in [6.07, 6.45) is 1.74. The zero-order valence-electron chi connectivity index (χ0n) is 12.6. The van der Waals surface area contributed by atoms with Crippen molar-refractivity contribution in [3.8, 4) is 0 Å². The molecule has 0 atom stereocenters. The second-order valence-electron chi connectivity index (χ2n) is 4.67. The number of anilines is 2. The fourth-order valence-electron chi connectivity index (χ4n) is 2.17. The van der Waals surface area contributed by atoms with E-state index in [1.165, 1.54) is 0 Å². The van der Waals surface area contributed by atoms with Crippen molar-refractivity contribution in [2.75, 3.05) is 17.7 Å². The molecule has 1 amide bonds. The molecule has 2 aromatic rings. The van der Waals surface area contributed by atoms with Gasteiger partial charge >= 0.3 is 0 Å². The Labute approximate surface area is 124 Å². The Hall–Kier alpha value is -2.43. The van der Waals surface area contributed by atoms with Gasteiger partial charge in [0.15, 0.2) is 5.69 Å². The molecule has 1 aromatic heterocycles. The van der Waals surface area contributed by atoms with Crippen LogP contribution < -0.4 is 10.6 Å². The second-order valence-corrected chi connectivity index (χ2v) is 4.67. The number of amides is 1. The molecule has 21 heavy (non-hydrogen) atoms. The van der Waals surface area contributed by atoms with Gasteiger partial charge < -0.3 is 10.6 Å². The van der Waals surface area contributed by atoms with Crippen LogP contribution in [0.3, 0.4) is 0 Å². The number of nitrogens with one attached hydrogen (secondary N) is 2. The molecule has 1 heterocycles. The third-order valence-electron chi connectivity index (χ3n) is 3.39. The van der Waals surface area contributed by atoms with Crippen molar-refractivity contribution in [3.63, 3.8) is 0 Å². The van der Waals surface area contributed by atoms with E-state index in [0.717, 1.165) is 29.7 Å². The molecular formula is C16H20N4O. The van der Waals surface area contributed by atoms with E-state index >= 15 is 0 Å².